The second kappa shape index (κ2) is 12.8. The number of carbonyl (C=O) groups excluding carboxylic acids is 1. The molecule has 1 aromatic heterocycles. The summed E-state index contributed by atoms with van der Waals surface area (Å²) in [6.07, 6.45) is 3.05. The first-order valence-electron chi connectivity index (χ1n) is 12.3. The Hall–Kier alpha value is -2.98. The van der Waals surface area contributed by atoms with Crippen molar-refractivity contribution in [1.29, 1.82) is 0 Å². The molecule has 1 aromatic carbocycles. The van der Waals surface area contributed by atoms with E-state index in [1.54, 1.807) is 0 Å². The Balaban J connectivity index is 0.00000228. The minimum Gasteiger partial charge on any atom is -0.393 e. The van der Waals surface area contributed by atoms with Gasteiger partial charge in [0.25, 0.3) is 5.91 Å². The molecule has 0 spiro atoms. The highest BCUT2D eigenvalue weighted by atomic mass is 19.0. The summed E-state index contributed by atoms with van der Waals surface area (Å²) < 4.78 is 0. The Morgan fingerprint density at radius 3 is 2.19 bits per heavy atom. The van der Waals surface area contributed by atoms with Crippen molar-refractivity contribution in [3.63, 3.8) is 0 Å². The molecule has 1 amide bonds. The summed E-state index contributed by atoms with van der Waals surface area (Å²) in [7, 11) is 2.15. The molecule has 2 aromatic rings. The standard InChI is InChI=1S/C25H37N7O2.CH4.FH/c1-16(2)21-24(27-18-6-10-20(33)11-7-18)30-25(22(29-21)23(26)34)28-17-4-8-19(9-5-17)32-14-12-31(3)13-15-32;;/h4-5,8-9,16,18,20,33H,6-7,10-15H2,1-3H3,(H2,26,34)(H2,27,28,30);1H4;1H. The normalized spacial score (nSPS) is 20.3. The lowest BCUT2D eigenvalue weighted by Gasteiger charge is -2.34. The van der Waals surface area contributed by atoms with Gasteiger partial charge in [-0.2, -0.15) is 0 Å². The summed E-state index contributed by atoms with van der Waals surface area (Å²) in [6, 6.07) is 8.36. The number of aromatic nitrogens is 2. The van der Waals surface area contributed by atoms with Crippen LogP contribution in [0.5, 0.6) is 0 Å². The van der Waals surface area contributed by atoms with Crippen LogP contribution in [0.2, 0.25) is 0 Å². The van der Waals surface area contributed by atoms with Gasteiger partial charge < -0.3 is 31.3 Å². The number of amides is 1. The summed E-state index contributed by atoms with van der Waals surface area (Å²) >= 11 is 0. The van der Waals surface area contributed by atoms with Crippen LogP contribution in [-0.4, -0.2) is 71.3 Å². The Kier molecular flexibility index (Phi) is 10.4. The van der Waals surface area contributed by atoms with Gasteiger partial charge in [0.15, 0.2) is 17.3 Å². The highest BCUT2D eigenvalue weighted by molar-refractivity contribution is 5.96. The number of hydrogen-bond acceptors (Lipinski definition) is 8. The third-order valence-electron chi connectivity index (χ3n) is 6.74. The molecule has 36 heavy (non-hydrogen) atoms. The molecule has 0 unspecified atom stereocenters. The smallest absolute Gasteiger partial charge is 0.271 e. The fourth-order valence-corrected chi connectivity index (χ4v) is 4.59. The Labute approximate surface area is 213 Å². The summed E-state index contributed by atoms with van der Waals surface area (Å²) in [5, 5.41) is 16.6. The second-order valence-corrected chi connectivity index (χ2v) is 9.79. The summed E-state index contributed by atoms with van der Waals surface area (Å²) in [6.45, 7) is 8.16. The van der Waals surface area contributed by atoms with E-state index in [9.17, 15) is 9.90 Å². The van der Waals surface area contributed by atoms with Crippen LogP contribution in [0, 0.1) is 0 Å². The van der Waals surface area contributed by atoms with E-state index in [1.165, 1.54) is 5.69 Å². The maximum atomic E-state index is 12.2. The van der Waals surface area contributed by atoms with Crippen LogP contribution < -0.4 is 21.3 Å². The largest absolute Gasteiger partial charge is 0.393 e. The van der Waals surface area contributed by atoms with Crippen molar-refractivity contribution in [2.45, 2.75) is 65.0 Å². The number of halogens is 1. The number of nitrogens with zero attached hydrogens (tertiary/aromatic N) is 4. The summed E-state index contributed by atoms with van der Waals surface area (Å²) in [5.74, 6) is 0.470. The number of benzene rings is 1. The number of nitrogens with two attached hydrogens (primary N) is 1. The van der Waals surface area contributed by atoms with E-state index in [4.69, 9.17) is 10.7 Å². The Morgan fingerprint density at radius 1 is 1.03 bits per heavy atom. The van der Waals surface area contributed by atoms with Crippen LogP contribution in [0.1, 0.15) is 69.1 Å². The first kappa shape index (κ1) is 29.3. The second-order valence-electron chi connectivity index (χ2n) is 9.79. The van der Waals surface area contributed by atoms with Crippen LogP contribution in [-0.2, 0) is 0 Å². The molecular weight excluding hydrogens is 461 g/mol. The lowest BCUT2D eigenvalue weighted by Crippen LogP contribution is -2.44. The van der Waals surface area contributed by atoms with Crippen molar-refractivity contribution in [2.75, 3.05) is 48.8 Å². The van der Waals surface area contributed by atoms with E-state index in [0.717, 1.165) is 63.2 Å². The minimum atomic E-state index is -0.613. The molecule has 0 atom stereocenters. The van der Waals surface area contributed by atoms with E-state index >= 15 is 0 Å². The number of piperazine rings is 1. The van der Waals surface area contributed by atoms with Gasteiger partial charge in [-0.05, 0) is 62.9 Å². The fourth-order valence-electron chi connectivity index (χ4n) is 4.59. The molecule has 10 heteroatoms. The molecule has 5 N–H and O–H groups in total. The van der Waals surface area contributed by atoms with Crippen LogP contribution in [0.25, 0.3) is 0 Å². The Bertz CT molecular complexity index is 987. The minimum absolute atomic E-state index is 0. The van der Waals surface area contributed by atoms with Gasteiger partial charge in [-0.25, -0.2) is 9.97 Å². The third kappa shape index (κ3) is 7.04. The zero-order chi connectivity index (χ0) is 24.2. The molecule has 2 aliphatic rings. The van der Waals surface area contributed by atoms with E-state index in [2.05, 4.69) is 44.6 Å². The number of aliphatic hydroxyl groups excluding tert-OH is 1. The van der Waals surface area contributed by atoms with Crippen LogP contribution in [0.3, 0.4) is 0 Å². The summed E-state index contributed by atoms with van der Waals surface area (Å²) in [4.78, 5) is 26.3. The number of aliphatic hydroxyl groups is 1. The van der Waals surface area contributed by atoms with Crippen molar-refractivity contribution in [2.24, 2.45) is 5.73 Å². The van der Waals surface area contributed by atoms with Crippen LogP contribution in [0.15, 0.2) is 24.3 Å². The quantitative estimate of drug-likeness (QED) is 0.452. The fraction of sp³-hybridized carbons (Fsp3) is 0.577. The van der Waals surface area contributed by atoms with Gasteiger partial charge in [0.2, 0.25) is 0 Å². The first-order valence-corrected chi connectivity index (χ1v) is 12.3. The SMILES string of the molecule is C.CC(C)c1nc(C(N)=O)c(Nc2ccc(N3CCN(C)CC3)cc2)nc1NC1CCC(O)CC1.F. The number of carbonyl (C=O) groups is 1. The third-order valence-corrected chi connectivity index (χ3v) is 6.74. The molecule has 9 nitrogen and oxygen atoms in total. The average molecular weight is 504 g/mol. The molecule has 200 valence electrons. The molecule has 0 radical (unpaired) electrons. The van der Waals surface area contributed by atoms with E-state index < -0.39 is 5.91 Å². The van der Waals surface area contributed by atoms with Crippen molar-refractivity contribution in [3.05, 3.63) is 35.7 Å². The van der Waals surface area contributed by atoms with Gasteiger partial charge in [0.1, 0.15) is 0 Å². The van der Waals surface area contributed by atoms with E-state index in [0.29, 0.717) is 11.6 Å². The lowest BCUT2D eigenvalue weighted by atomic mass is 9.93. The number of hydrogen-bond donors (Lipinski definition) is 4. The number of anilines is 4. The molecule has 4 rings (SSSR count). The number of rotatable bonds is 7. The topological polar surface area (TPSA) is 120 Å². The molecule has 1 saturated heterocycles. The predicted octanol–water partition coefficient (Wildman–Crippen LogP) is 3.70. The van der Waals surface area contributed by atoms with Gasteiger partial charge in [0, 0.05) is 43.6 Å². The highest BCUT2D eigenvalue weighted by Gasteiger charge is 2.24. The average Bonchev–Trinajstić information content (AvgIpc) is 2.81. The number of primary amides is 1. The predicted molar refractivity (Wildman–Crippen MR) is 145 cm³/mol. The number of likely N-dealkylation sites (N-methyl/N-ethyl adjacent to an activating group) is 1. The first-order chi connectivity index (χ1) is 16.3. The van der Waals surface area contributed by atoms with Gasteiger partial charge in [-0.1, -0.05) is 21.3 Å². The maximum absolute atomic E-state index is 12.2. The molecular formula is C26H42FN7O2. The maximum Gasteiger partial charge on any atom is 0.271 e. The van der Waals surface area contributed by atoms with Gasteiger partial charge in [-0.15, -0.1) is 0 Å². The van der Waals surface area contributed by atoms with Crippen molar-refractivity contribution in [1.82, 2.24) is 14.9 Å². The summed E-state index contributed by atoms with van der Waals surface area (Å²) in [5.41, 5.74) is 8.53. The Morgan fingerprint density at radius 2 is 1.64 bits per heavy atom. The van der Waals surface area contributed by atoms with Crippen LogP contribution >= 0.6 is 0 Å². The van der Waals surface area contributed by atoms with E-state index in [1.807, 2.05) is 26.0 Å². The molecule has 1 aliphatic heterocycles. The molecule has 1 aliphatic carbocycles. The lowest BCUT2D eigenvalue weighted by molar-refractivity contribution is 0.0995. The van der Waals surface area contributed by atoms with Gasteiger partial charge in [-0.3, -0.25) is 9.50 Å². The number of nitrogens with one attached hydrogen (secondary N) is 2. The van der Waals surface area contributed by atoms with E-state index in [-0.39, 0.29) is 35.9 Å². The van der Waals surface area contributed by atoms with Crippen molar-refractivity contribution in [3.8, 4) is 0 Å². The van der Waals surface area contributed by atoms with Gasteiger partial charge >= 0.3 is 0 Å². The zero-order valence-corrected chi connectivity index (χ0v) is 20.8. The molecule has 2 heterocycles. The van der Waals surface area contributed by atoms with Crippen molar-refractivity contribution >= 4 is 28.9 Å². The molecule has 1 saturated carbocycles. The van der Waals surface area contributed by atoms with Crippen molar-refractivity contribution < 1.29 is 14.6 Å². The van der Waals surface area contributed by atoms with Crippen LogP contribution in [0.4, 0.5) is 27.7 Å². The van der Waals surface area contributed by atoms with Gasteiger partial charge in [0.05, 0.1) is 11.8 Å². The molecule has 2 fully saturated rings. The zero-order valence-electron chi connectivity index (χ0n) is 20.8. The monoisotopic (exact) mass is 503 g/mol. The highest BCUT2D eigenvalue weighted by Crippen LogP contribution is 2.30. The molecule has 0 bridgehead atoms.